The minimum absolute atomic E-state index is 0.470. The number of hydrogen-bond donors (Lipinski definition) is 0. The molecule has 2 aliphatic rings. The molecule has 1 aromatic rings. The second kappa shape index (κ2) is 4.21. The van der Waals surface area contributed by atoms with Gasteiger partial charge < -0.3 is 4.74 Å². The summed E-state index contributed by atoms with van der Waals surface area (Å²) in [5, 5.41) is 0. The van der Waals surface area contributed by atoms with Gasteiger partial charge in [-0.25, -0.2) is 0 Å². The number of fused-ring (bicyclic) bond motifs is 1. The van der Waals surface area contributed by atoms with E-state index in [2.05, 4.69) is 31.2 Å². The van der Waals surface area contributed by atoms with Crippen molar-refractivity contribution >= 4 is 0 Å². The van der Waals surface area contributed by atoms with Crippen LogP contribution in [0.1, 0.15) is 49.7 Å². The van der Waals surface area contributed by atoms with Crippen molar-refractivity contribution in [3.63, 3.8) is 0 Å². The van der Waals surface area contributed by atoms with Crippen molar-refractivity contribution in [3.05, 3.63) is 35.4 Å². The van der Waals surface area contributed by atoms with Crippen LogP contribution in [-0.4, -0.2) is 6.10 Å². The second-order valence-electron chi connectivity index (χ2n) is 5.31. The van der Waals surface area contributed by atoms with Crippen molar-refractivity contribution in [2.45, 2.75) is 51.2 Å². The van der Waals surface area contributed by atoms with Crippen molar-refractivity contribution in [1.82, 2.24) is 0 Å². The summed E-state index contributed by atoms with van der Waals surface area (Å²) in [7, 11) is 0. The van der Waals surface area contributed by atoms with Crippen LogP contribution in [0.2, 0.25) is 0 Å². The van der Waals surface area contributed by atoms with E-state index in [-0.39, 0.29) is 0 Å². The molecule has 86 valence electrons. The molecule has 1 fully saturated rings. The van der Waals surface area contributed by atoms with Gasteiger partial charge in [-0.2, -0.15) is 0 Å². The second-order valence-corrected chi connectivity index (χ2v) is 5.31. The van der Waals surface area contributed by atoms with Gasteiger partial charge in [0.25, 0.3) is 0 Å². The molecular weight excluding hydrogens is 196 g/mol. The first-order valence-electron chi connectivity index (χ1n) is 6.55. The molecule has 0 unspecified atom stereocenters. The van der Waals surface area contributed by atoms with Crippen LogP contribution in [-0.2, 0) is 11.3 Å². The summed E-state index contributed by atoms with van der Waals surface area (Å²) in [6.45, 7) is 3.16. The molecule has 1 saturated carbocycles. The highest BCUT2D eigenvalue weighted by Gasteiger charge is 2.34. The van der Waals surface area contributed by atoms with E-state index in [1.54, 1.807) is 0 Å². The Morgan fingerprint density at radius 1 is 1.12 bits per heavy atom. The van der Waals surface area contributed by atoms with Gasteiger partial charge in [-0.05, 0) is 29.9 Å². The van der Waals surface area contributed by atoms with Gasteiger partial charge in [-0.15, -0.1) is 0 Å². The number of benzene rings is 1. The van der Waals surface area contributed by atoms with Gasteiger partial charge in [0.15, 0.2) is 0 Å². The normalized spacial score (nSPS) is 30.3. The van der Waals surface area contributed by atoms with Crippen LogP contribution in [0.15, 0.2) is 24.3 Å². The maximum absolute atomic E-state index is 6.10. The lowest BCUT2D eigenvalue weighted by molar-refractivity contribution is -0.0244. The molecular formula is C15H20O. The highest BCUT2D eigenvalue weighted by molar-refractivity contribution is 5.32. The third-order valence-corrected chi connectivity index (χ3v) is 4.33. The highest BCUT2D eigenvalue weighted by Crippen LogP contribution is 2.40. The molecule has 1 aliphatic heterocycles. The Morgan fingerprint density at radius 3 is 2.69 bits per heavy atom. The Kier molecular flexibility index (Phi) is 2.72. The standard InChI is InChI=1S/C15H20O/c1-11-14-9-5-4-8-13(14)10-16-15(11)12-6-2-3-7-12/h4-5,8-9,11-12,15H,2-3,6-7,10H2,1H3/t11-,15-/m0/s1. The van der Waals surface area contributed by atoms with Crippen molar-refractivity contribution in [1.29, 1.82) is 0 Å². The third kappa shape index (κ3) is 1.67. The van der Waals surface area contributed by atoms with E-state index in [9.17, 15) is 0 Å². The van der Waals surface area contributed by atoms with Gasteiger partial charge >= 0.3 is 0 Å². The molecule has 1 heteroatoms. The van der Waals surface area contributed by atoms with Gasteiger partial charge in [0, 0.05) is 5.92 Å². The Morgan fingerprint density at radius 2 is 1.88 bits per heavy atom. The maximum atomic E-state index is 6.10. The minimum Gasteiger partial charge on any atom is -0.373 e. The van der Waals surface area contributed by atoms with Gasteiger partial charge in [-0.3, -0.25) is 0 Å². The SMILES string of the molecule is C[C@H]1c2ccccc2CO[C@@H]1C1CCCC1. The van der Waals surface area contributed by atoms with E-state index in [1.807, 2.05) is 0 Å². The van der Waals surface area contributed by atoms with Crippen LogP contribution in [0.5, 0.6) is 0 Å². The van der Waals surface area contributed by atoms with E-state index in [1.165, 1.54) is 36.8 Å². The van der Waals surface area contributed by atoms with Crippen LogP contribution in [0, 0.1) is 5.92 Å². The molecule has 0 N–H and O–H groups in total. The zero-order chi connectivity index (χ0) is 11.0. The number of ether oxygens (including phenoxy) is 1. The zero-order valence-electron chi connectivity index (χ0n) is 9.99. The lowest BCUT2D eigenvalue weighted by atomic mass is 9.82. The van der Waals surface area contributed by atoms with Crippen LogP contribution >= 0.6 is 0 Å². The molecule has 1 heterocycles. The van der Waals surface area contributed by atoms with E-state index in [0.717, 1.165) is 12.5 Å². The van der Waals surface area contributed by atoms with Crippen molar-refractivity contribution in [2.24, 2.45) is 5.92 Å². The molecule has 0 bridgehead atoms. The summed E-state index contributed by atoms with van der Waals surface area (Å²) < 4.78 is 6.10. The summed E-state index contributed by atoms with van der Waals surface area (Å²) in [4.78, 5) is 0. The average molecular weight is 216 g/mol. The van der Waals surface area contributed by atoms with Gasteiger partial charge in [0.1, 0.15) is 0 Å². The first-order valence-corrected chi connectivity index (χ1v) is 6.55. The van der Waals surface area contributed by atoms with Crippen LogP contribution in [0.4, 0.5) is 0 Å². The van der Waals surface area contributed by atoms with Crippen molar-refractivity contribution < 1.29 is 4.74 Å². The first kappa shape index (κ1) is 10.3. The van der Waals surface area contributed by atoms with Crippen molar-refractivity contribution in [3.8, 4) is 0 Å². The predicted octanol–water partition coefficient (Wildman–Crippen LogP) is 3.88. The molecule has 16 heavy (non-hydrogen) atoms. The average Bonchev–Trinajstić information content (AvgIpc) is 2.83. The predicted molar refractivity (Wildman–Crippen MR) is 65.4 cm³/mol. The van der Waals surface area contributed by atoms with Gasteiger partial charge in [0.05, 0.1) is 12.7 Å². The number of rotatable bonds is 1. The number of hydrogen-bond acceptors (Lipinski definition) is 1. The lowest BCUT2D eigenvalue weighted by Gasteiger charge is -2.35. The zero-order valence-corrected chi connectivity index (χ0v) is 9.99. The van der Waals surface area contributed by atoms with E-state index in [4.69, 9.17) is 4.74 Å². The lowest BCUT2D eigenvalue weighted by Crippen LogP contribution is -2.32. The largest absolute Gasteiger partial charge is 0.373 e. The molecule has 3 rings (SSSR count). The smallest absolute Gasteiger partial charge is 0.0723 e. The fraction of sp³-hybridized carbons (Fsp3) is 0.600. The monoisotopic (exact) mass is 216 g/mol. The maximum Gasteiger partial charge on any atom is 0.0723 e. The fourth-order valence-corrected chi connectivity index (χ4v) is 3.45. The van der Waals surface area contributed by atoms with Crippen LogP contribution in [0.3, 0.4) is 0 Å². The Hall–Kier alpha value is -0.820. The van der Waals surface area contributed by atoms with Crippen molar-refractivity contribution in [2.75, 3.05) is 0 Å². The summed E-state index contributed by atoms with van der Waals surface area (Å²) in [5.41, 5.74) is 2.91. The van der Waals surface area contributed by atoms with E-state index in [0.29, 0.717) is 12.0 Å². The molecule has 1 aromatic carbocycles. The molecule has 0 radical (unpaired) electrons. The van der Waals surface area contributed by atoms with Crippen LogP contribution < -0.4 is 0 Å². The van der Waals surface area contributed by atoms with E-state index >= 15 is 0 Å². The molecule has 2 atom stereocenters. The molecule has 1 aliphatic carbocycles. The summed E-state index contributed by atoms with van der Waals surface area (Å²) >= 11 is 0. The van der Waals surface area contributed by atoms with E-state index < -0.39 is 0 Å². The highest BCUT2D eigenvalue weighted by atomic mass is 16.5. The van der Waals surface area contributed by atoms with Crippen LogP contribution in [0.25, 0.3) is 0 Å². The first-order chi connectivity index (χ1) is 7.86. The fourth-order valence-electron chi connectivity index (χ4n) is 3.45. The molecule has 0 spiro atoms. The molecule has 1 nitrogen and oxygen atoms in total. The van der Waals surface area contributed by atoms with Gasteiger partial charge in [0.2, 0.25) is 0 Å². The Balaban J connectivity index is 1.85. The molecule has 0 amide bonds. The summed E-state index contributed by atoms with van der Waals surface area (Å²) in [5.74, 6) is 1.39. The summed E-state index contributed by atoms with van der Waals surface area (Å²) in [6, 6.07) is 8.76. The van der Waals surface area contributed by atoms with Gasteiger partial charge in [-0.1, -0.05) is 44.0 Å². The molecule has 0 saturated heterocycles. The topological polar surface area (TPSA) is 9.23 Å². The quantitative estimate of drug-likeness (QED) is 0.692. The summed E-state index contributed by atoms with van der Waals surface area (Å²) in [6.07, 6.45) is 6.02. The molecule has 0 aromatic heterocycles. The third-order valence-electron chi connectivity index (χ3n) is 4.33. The Labute approximate surface area is 97.8 Å². The minimum atomic E-state index is 0.470. The Bertz CT molecular complexity index is 365.